The van der Waals surface area contributed by atoms with Crippen LogP contribution in [0.25, 0.3) is 0 Å². The molecule has 1 saturated carbocycles. The Labute approximate surface area is 143 Å². The van der Waals surface area contributed by atoms with Crippen LogP contribution in [-0.2, 0) is 4.79 Å². The number of ether oxygens (including phenoxy) is 1. The smallest absolute Gasteiger partial charge is 0.257 e. The Morgan fingerprint density at radius 1 is 1.08 bits per heavy atom. The fourth-order valence-corrected chi connectivity index (χ4v) is 3.73. The minimum Gasteiger partial charge on any atom is -0.496 e. The van der Waals surface area contributed by atoms with Crippen LogP contribution in [0.15, 0.2) is 24.3 Å². The molecule has 2 amide bonds. The van der Waals surface area contributed by atoms with Gasteiger partial charge >= 0.3 is 0 Å². The summed E-state index contributed by atoms with van der Waals surface area (Å²) in [7, 11) is 1.58. The van der Waals surface area contributed by atoms with Crippen molar-refractivity contribution in [3.8, 4) is 5.75 Å². The van der Waals surface area contributed by atoms with Gasteiger partial charge in [0.1, 0.15) is 5.75 Å². The molecule has 1 aromatic rings. The highest BCUT2D eigenvalue weighted by Gasteiger charge is 2.30. The number of nitrogens with zero attached hydrogens (tertiary/aromatic N) is 1. The van der Waals surface area contributed by atoms with E-state index >= 15 is 0 Å². The first-order chi connectivity index (χ1) is 11.7. The zero-order valence-electron chi connectivity index (χ0n) is 14.3. The molecule has 0 bridgehead atoms. The van der Waals surface area contributed by atoms with Gasteiger partial charge in [-0.05, 0) is 37.8 Å². The largest absolute Gasteiger partial charge is 0.496 e. The van der Waals surface area contributed by atoms with Crippen molar-refractivity contribution in [2.75, 3.05) is 20.2 Å². The van der Waals surface area contributed by atoms with Gasteiger partial charge in [0.05, 0.1) is 12.7 Å². The van der Waals surface area contributed by atoms with E-state index in [0.717, 1.165) is 25.7 Å². The van der Waals surface area contributed by atoms with Gasteiger partial charge in [0.15, 0.2) is 0 Å². The molecule has 2 fully saturated rings. The van der Waals surface area contributed by atoms with Crippen LogP contribution in [0.2, 0.25) is 0 Å². The lowest BCUT2D eigenvalue weighted by Gasteiger charge is -2.32. The molecule has 0 unspecified atom stereocenters. The molecule has 1 saturated heterocycles. The molecule has 2 aliphatic rings. The van der Waals surface area contributed by atoms with E-state index in [-0.39, 0.29) is 17.7 Å². The Hall–Kier alpha value is -2.04. The molecule has 24 heavy (non-hydrogen) atoms. The number of rotatable bonds is 4. The first-order valence-corrected chi connectivity index (χ1v) is 8.91. The summed E-state index contributed by atoms with van der Waals surface area (Å²) < 4.78 is 5.28. The molecule has 1 heterocycles. The van der Waals surface area contributed by atoms with Crippen molar-refractivity contribution in [1.29, 1.82) is 0 Å². The number of hydrogen-bond donors (Lipinski definition) is 1. The Kier molecular flexibility index (Phi) is 5.38. The van der Waals surface area contributed by atoms with Crippen LogP contribution < -0.4 is 10.1 Å². The van der Waals surface area contributed by atoms with Crippen molar-refractivity contribution in [2.45, 2.75) is 44.6 Å². The molecule has 130 valence electrons. The number of nitrogens with one attached hydrogen (secondary N) is 1. The zero-order chi connectivity index (χ0) is 16.9. The highest BCUT2D eigenvalue weighted by Crippen LogP contribution is 2.24. The van der Waals surface area contributed by atoms with Crippen molar-refractivity contribution < 1.29 is 14.3 Å². The Balaban J connectivity index is 1.54. The van der Waals surface area contributed by atoms with E-state index in [4.69, 9.17) is 4.74 Å². The predicted molar refractivity (Wildman–Crippen MR) is 92.0 cm³/mol. The van der Waals surface area contributed by atoms with Crippen molar-refractivity contribution in [2.24, 2.45) is 5.92 Å². The van der Waals surface area contributed by atoms with Crippen LogP contribution in [0.5, 0.6) is 5.75 Å². The lowest BCUT2D eigenvalue weighted by atomic mass is 9.95. The molecule has 0 aromatic heterocycles. The molecule has 1 aliphatic heterocycles. The topological polar surface area (TPSA) is 58.6 Å². The minimum atomic E-state index is -0.0119. The third-order valence-corrected chi connectivity index (χ3v) is 5.19. The average molecular weight is 330 g/mol. The maximum Gasteiger partial charge on any atom is 0.257 e. The second-order valence-corrected chi connectivity index (χ2v) is 6.76. The first kappa shape index (κ1) is 16.8. The Bertz CT molecular complexity index is 588. The summed E-state index contributed by atoms with van der Waals surface area (Å²) in [5.74, 6) is 0.796. The van der Waals surface area contributed by atoms with Gasteiger partial charge in [-0.2, -0.15) is 0 Å². The number of piperidine rings is 1. The summed E-state index contributed by atoms with van der Waals surface area (Å²) in [5.41, 5.74) is 0.592. The van der Waals surface area contributed by atoms with Crippen molar-refractivity contribution in [3.05, 3.63) is 29.8 Å². The maximum atomic E-state index is 12.7. The second-order valence-electron chi connectivity index (χ2n) is 6.76. The van der Waals surface area contributed by atoms with Crippen LogP contribution in [-0.4, -0.2) is 43.0 Å². The minimum absolute atomic E-state index is 0.0119. The lowest BCUT2D eigenvalue weighted by Crippen LogP contribution is -2.44. The highest BCUT2D eigenvalue weighted by molar-refractivity contribution is 5.97. The van der Waals surface area contributed by atoms with Crippen molar-refractivity contribution >= 4 is 11.8 Å². The second kappa shape index (κ2) is 7.69. The van der Waals surface area contributed by atoms with E-state index < -0.39 is 0 Å². The van der Waals surface area contributed by atoms with Crippen LogP contribution in [0.4, 0.5) is 0 Å². The van der Waals surface area contributed by atoms with E-state index in [1.54, 1.807) is 19.2 Å². The van der Waals surface area contributed by atoms with Gasteiger partial charge in [-0.3, -0.25) is 9.59 Å². The van der Waals surface area contributed by atoms with Gasteiger partial charge in [-0.15, -0.1) is 0 Å². The first-order valence-electron chi connectivity index (χ1n) is 8.91. The molecule has 5 heteroatoms. The van der Waals surface area contributed by atoms with E-state index in [0.29, 0.717) is 30.4 Å². The number of carbonyl (C=O) groups is 2. The van der Waals surface area contributed by atoms with E-state index in [2.05, 4.69) is 5.32 Å². The fourth-order valence-electron chi connectivity index (χ4n) is 3.73. The standard InChI is InChI=1S/C19H26N2O3/c1-24-17-9-5-4-8-16(17)19(23)21-12-10-14(11-13-21)18(22)20-15-6-2-3-7-15/h4-5,8-9,14-15H,2-3,6-7,10-13H2,1H3,(H,20,22). The monoisotopic (exact) mass is 330 g/mol. The van der Waals surface area contributed by atoms with Crippen LogP contribution in [0.1, 0.15) is 48.9 Å². The number of carbonyl (C=O) groups excluding carboxylic acids is 2. The molecule has 3 rings (SSSR count). The van der Waals surface area contributed by atoms with E-state index in [1.165, 1.54) is 12.8 Å². The number of amides is 2. The normalized spacial score (nSPS) is 19.3. The molecule has 0 atom stereocenters. The van der Waals surface area contributed by atoms with Crippen molar-refractivity contribution in [3.63, 3.8) is 0 Å². The van der Waals surface area contributed by atoms with Crippen LogP contribution in [0, 0.1) is 5.92 Å². The van der Waals surface area contributed by atoms with Crippen LogP contribution >= 0.6 is 0 Å². The average Bonchev–Trinajstić information content (AvgIpc) is 3.14. The number of likely N-dealkylation sites (tertiary alicyclic amines) is 1. The molecule has 1 N–H and O–H groups in total. The van der Waals surface area contributed by atoms with Gasteiger partial charge in [0, 0.05) is 25.0 Å². The molecular formula is C19H26N2O3. The summed E-state index contributed by atoms with van der Waals surface area (Å²) in [4.78, 5) is 26.9. The summed E-state index contributed by atoms with van der Waals surface area (Å²) in [6.07, 6.45) is 6.13. The number of hydrogen-bond acceptors (Lipinski definition) is 3. The summed E-state index contributed by atoms with van der Waals surface area (Å²) in [5, 5.41) is 3.18. The molecule has 5 nitrogen and oxygen atoms in total. The highest BCUT2D eigenvalue weighted by atomic mass is 16.5. The number of para-hydroxylation sites is 1. The Morgan fingerprint density at radius 3 is 2.42 bits per heavy atom. The molecule has 1 aliphatic carbocycles. The quantitative estimate of drug-likeness (QED) is 0.923. The zero-order valence-corrected chi connectivity index (χ0v) is 14.3. The van der Waals surface area contributed by atoms with Gasteiger partial charge in [-0.1, -0.05) is 25.0 Å². The van der Waals surface area contributed by atoms with Gasteiger partial charge in [0.25, 0.3) is 5.91 Å². The molecule has 0 radical (unpaired) electrons. The molecular weight excluding hydrogens is 304 g/mol. The Morgan fingerprint density at radius 2 is 1.75 bits per heavy atom. The van der Waals surface area contributed by atoms with E-state index in [9.17, 15) is 9.59 Å². The number of benzene rings is 1. The summed E-state index contributed by atoms with van der Waals surface area (Å²) >= 11 is 0. The van der Waals surface area contributed by atoms with E-state index in [1.807, 2.05) is 17.0 Å². The summed E-state index contributed by atoms with van der Waals surface area (Å²) in [6.45, 7) is 1.25. The van der Waals surface area contributed by atoms with Gasteiger partial charge in [0.2, 0.25) is 5.91 Å². The molecule has 0 spiro atoms. The molecule has 1 aromatic carbocycles. The fraction of sp³-hybridized carbons (Fsp3) is 0.579. The maximum absolute atomic E-state index is 12.7. The summed E-state index contributed by atoms with van der Waals surface area (Å²) in [6, 6.07) is 7.66. The predicted octanol–water partition coefficient (Wildman–Crippen LogP) is 2.61. The van der Waals surface area contributed by atoms with Crippen molar-refractivity contribution in [1.82, 2.24) is 10.2 Å². The third kappa shape index (κ3) is 3.71. The van der Waals surface area contributed by atoms with Gasteiger partial charge < -0.3 is 15.0 Å². The van der Waals surface area contributed by atoms with Crippen LogP contribution in [0.3, 0.4) is 0 Å². The van der Waals surface area contributed by atoms with Gasteiger partial charge in [-0.25, -0.2) is 0 Å². The SMILES string of the molecule is COc1ccccc1C(=O)N1CCC(C(=O)NC2CCCC2)CC1. The third-order valence-electron chi connectivity index (χ3n) is 5.19. The lowest BCUT2D eigenvalue weighted by molar-refractivity contribution is -0.127. The number of methoxy groups -OCH3 is 1.